The summed E-state index contributed by atoms with van der Waals surface area (Å²) < 4.78 is 13.3. The number of aromatic nitrogens is 2. The lowest BCUT2D eigenvalue weighted by Crippen LogP contribution is -2.14. The van der Waals surface area contributed by atoms with Crippen molar-refractivity contribution >= 4 is 45.5 Å². The summed E-state index contributed by atoms with van der Waals surface area (Å²) in [5.41, 5.74) is 3.58. The molecule has 4 aromatic carbocycles. The predicted octanol–water partition coefficient (Wildman–Crippen LogP) is 7.58. The van der Waals surface area contributed by atoms with Gasteiger partial charge in [0.15, 0.2) is 0 Å². The molecule has 0 radical (unpaired) electrons. The first kappa shape index (κ1) is 23.3. The highest BCUT2D eigenvalue weighted by atomic mass is 32.2. The molecular formula is C28H20FN5OS. The van der Waals surface area contributed by atoms with Crippen LogP contribution in [0.5, 0.6) is 0 Å². The first-order valence-corrected chi connectivity index (χ1v) is 12.2. The average Bonchev–Trinajstić information content (AvgIpc) is 2.92. The highest BCUT2D eigenvalue weighted by Gasteiger charge is 2.13. The van der Waals surface area contributed by atoms with E-state index in [1.54, 1.807) is 36.4 Å². The molecule has 0 aliphatic carbocycles. The van der Waals surface area contributed by atoms with Crippen molar-refractivity contribution in [1.82, 2.24) is 10.2 Å². The van der Waals surface area contributed by atoms with Gasteiger partial charge in [0.25, 0.3) is 0 Å². The van der Waals surface area contributed by atoms with Gasteiger partial charge in [-0.2, -0.15) is 10.2 Å². The lowest BCUT2D eigenvalue weighted by atomic mass is 10.1. The Hall–Kier alpha value is -4.43. The van der Waals surface area contributed by atoms with Gasteiger partial charge in [-0.15, -0.1) is 10.2 Å². The van der Waals surface area contributed by atoms with E-state index in [0.717, 1.165) is 22.0 Å². The summed E-state index contributed by atoms with van der Waals surface area (Å²) in [7, 11) is 0. The van der Waals surface area contributed by atoms with E-state index in [-0.39, 0.29) is 17.5 Å². The van der Waals surface area contributed by atoms with Crippen LogP contribution < -0.4 is 5.32 Å². The quantitative estimate of drug-likeness (QED) is 0.187. The van der Waals surface area contributed by atoms with Gasteiger partial charge in [-0.25, -0.2) is 4.39 Å². The van der Waals surface area contributed by atoms with Crippen LogP contribution in [-0.2, 0) is 4.79 Å². The molecule has 1 aromatic heterocycles. The molecule has 1 heterocycles. The molecule has 0 aliphatic heterocycles. The van der Waals surface area contributed by atoms with E-state index in [1.165, 1.54) is 23.9 Å². The molecule has 5 aromatic rings. The van der Waals surface area contributed by atoms with Crippen LogP contribution in [0.25, 0.3) is 22.0 Å². The third-order valence-electron chi connectivity index (χ3n) is 5.30. The molecule has 6 nitrogen and oxygen atoms in total. The largest absolute Gasteiger partial charge is 0.325 e. The Balaban J connectivity index is 1.24. The number of rotatable bonds is 7. The van der Waals surface area contributed by atoms with Crippen LogP contribution in [0.3, 0.4) is 0 Å². The van der Waals surface area contributed by atoms with Crippen LogP contribution in [0, 0.1) is 5.82 Å². The number of benzene rings is 4. The molecule has 1 N–H and O–H groups in total. The molecule has 0 saturated heterocycles. The van der Waals surface area contributed by atoms with Crippen molar-refractivity contribution in [3.63, 3.8) is 0 Å². The van der Waals surface area contributed by atoms with Gasteiger partial charge in [0.1, 0.15) is 16.5 Å². The van der Waals surface area contributed by atoms with E-state index < -0.39 is 0 Å². The van der Waals surface area contributed by atoms with Gasteiger partial charge in [0.2, 0.25) is 5.91 Å². The number of fused-ring (bicyclic) bond motifs is 1. The fourth-order valence-corrected chi connectivity index (χ4v) is 4.33. The smallest absolute Gasteiger partial charge is 0.234 e. The summed E-state index contributed by atoms with van der Waals surface area (Å²) in [4.78, 5) is 12.6. The van der Waals surface area contributed by atoms with Gasteiger partial charge in [-0.05, 0) is 60.7 Å². The van der Waals surface area contributed by atoms with Crippen molar-refractivity contribution in [1.29, 1.82) is 0 Å². The van der Waals surface area contributed by atoms with Gasteiger partial charge in [0.05, 0.1) is 17.1 Å². The van der Waals surface area contributed by atoms with E-state index in [1.807, 2.05) is 54.6 Å². The Kier molecular flexibility index (Phi) is 7.05. The SMILES string of the molecule is O=C(CSc1nnc(-c2ccc(F)cc2)c2ccccc12)Nc1ccc(N=Nc2ccccc2)cc1. The molecule has 176 valence electrons. The number of nitrogens with one attached hydrogen (secondary N) is 1. The molecule has 0 unspecified atom stereocenters. The van der Waals surface area contributed by atoms with Crippen LogP contribution in [0.15, 0.2) is 118 Å². The molecule has 0 bridgehead atoms. The summed E-state index contributed by atoms with van der Waals surface area (Å²) in [5, 5.41) is 22.5. The fourth-order valence-electron chi connectivity index (χ4n) is 3.56. The maximum Gasteiger partial charge on any atom is 0.234 e. The van der Waals surface area contributed by atoms with Gasteiger partial charge >= 0.3 is 0 Å². The molecule has 0 spiro atoms. The summed E-state index contributed by atoms with van der Waals surface area (Å²) >= 11 is 1.31. The number of thioether (sulfide) groups is 1. The minimum absolute atomic E-state index is 0.160. The first-order valence-electron chi connectivity index (χ1n) is 11.2. The molecule has 0 atom stereocenters. The Morgan fingerprint density at radius 2 is 1.39 bits per heavy atom. The Bertz CT molecular complexity index is 1520. The zero-order valence-corrected chi connectivity index (χ0v) is 19.8. The highest BCUT2D eigenvalue weighted by Crippen LogP contribution is 2.32. The predicted molar refractivity (Wildman–Crippen MR) is 141 cm³/mol. The second kappa shape index (κ2) is 10.9. The Morgan fingerprint density at radius 1 is 0.750 bits per heavy atom. The lowest BCUT2D eigenvalue weighted by molar-refractivity contribution is -0.113. The minimum Gasteiger partial charge on any atom is -0.325 e. The van der Waals surface area contributed by atoms with Gasteiger partial charge < -0.3 is 5.32 Å². The molecular weight excluding hydrogens is 473 g/mol. The Morgan fingerprint density at radius 3 is 2.11 bits per heavy atom. The summed E-state index contributed by atoms with van der Waals surface area (Å²) in [5.74, 6) is -0.295. The minimum atomic E-state index is -0.305. The maximum absolute atomic E-state index is 13.3. The third-order valence-corrected chi connectivity index (χ3v) is 6.28. The summed E-state index contributed by atoms with van der Waals surface area (Å²) in [6, 6.07) is 30.5. The van der Waals surface area contributed by atoms with Crippen molar-refractivity contribution in [3.8, 4) is 11.3 Å². The molecule has 0 aliphatic rings. The number of amides is 1. The monoisotopic (exact) mass is 493 g/mol. The van der Waals surface area contributed by atoms with Crippen molar-refractivity contribution in [2.24, 2.45) is 10.2 Å². The van der Waals surface area contributed by atoms with Crippen LogP contribution in [0.1, 0.15) is 0 Å². The number of hydrogen-bond acceptors (Lipinski definition) is 6. The van der Waals surface area contributed by atoms with Crippen LogP contribution in [0.4, 0.5) is 21.5 Å². The van der Waals surface area contributed by atoms with Gasteiger partial charge in [0, 0.05) is 22.0 Å². The Labute approximate surface area is 211 Å². The second-order valence-corrected chi connectivity index (χ2v) is 8.79. The molecule has 1 amide bonds. The zero-order chi connectivity index (χ0) is 24.7. The van der Waals surface area contributed by atoms with Crippen molar-refractivity contribution in [2.45, 2.75) is 5.03 Å². The van der Waals surface area contributed by atoms with Crippen molar-refractivity contribution in [3.05, 3.63) is 109 Å². The van der Waals surface area contributed by atoms with E-state index in [4.69, 9.17) is 0 Å². The van der Waals surface area contributed by atoms with Crippen LogP contribution >= 0.6 is 11.8 Å². The number of carbonyl (C=O) groups is 1. The standard InChI is InChI=1S/C28H20FN5OS/c29-20-12-10-19(11-13-20)27-24-8-4-5-9-25(24)28(34-33-27)36-18-26(35)30-21-14-16-23(17-15-21)32-31-22-6-2-1-3-7-22/h1-17H,18H2,(H,30,35). The van der Waals surface area contributed by atoms with E-state index in [2.05, 4.69) is 25.7 Å². The van der Waals surface area contributed by atoms with E-state index in [9.17, 15) is 9.18 Å². The van der Waals surface area contributed by atoms with Crippen molar-refractivity contribution in [2.75, 3.05) is 11.1 Å². The van der Waals surface area contributed by atoms with Crippen LogP contribution in [0.2, 0.25) is 0 Å². The molecule has 8 heteroatoms. The number of halogens is 1. The normalized spacial score (nSPS) is 11.1. The number of azo groups is 1. The molecule has 5 rings (SSSR count). The molecule has 0 saturated carbocycles. The number of hydrogen-bond donors (Lipinski definition) is 1. The van der Waals surface area contributed by atoms with E-state index in [0.29, 0.717) is 22.1 Å². The lowest BCUT2D eigenvalue weighted by Gasteiger charge is -2.09. The first-order chi connectivity index (χ1) is 17.7. The van der Waals surface area contributed by atoms with Gasteiger partial charge in [-0.3, -0.25) is 4.79 Å². The number of nitrogens with zero attached hydrogens (tertiary/aromatic N) is 4. The van der Waals surface area contributed by atoms with Crippen LogP contribution in [-0.4, -0.2) is 21.9 Å². The number of anilines is 1. The fraction of sp³-hybridized carbons (Fsp3) is 0.0357. The summed E-state index contributed by atoms with van der Waals surface area (Å²) in [6.45, 7) is 0. The third kappa shape index (κ3) is 5.61. The van der Waals surface area contributed by atoms with Gasteiger partial charge in [-0.1, -0.05) is 54.2 Å². The molecule has 0 fully saturated rings. The van der Waals surface area contributed by atoms with Crippen molar-refractivity contribution < 1.29 is 9.18 Å². The highest BCUT2D eigenvalue weighted by molar-refractivity contribution is 8.00. The zero-order valence-electron chi connectivity index (χ0n) is 19.0. The number of carbonyl (C=O) groups excluding carboxylic acids is 1. The average molecular weight is 494 g/mol. The topological polar surface area (TPSA) is 79.6 Å². The van der Waals surface area contributed by atoms with E-state index >= 15 is 0 Å². The molecule has 36 heavy (non-hydrogen) atoms. The second-order valence-electron chi connectivity index (χ2n) is 7.83. The summed E-state index contributed by atoms with van der Waals surface area (Å²) in [6.07, 6.45) is 0. The maximum atomic E-state index is 13.3.